The van der Waals surface area contributed by atoms with E-state index in [1.165, 1.54) is 5.56 Å². The highest BCUT2D eigenvalue weighted by Gasteiger charge is 2.46. The summed E-state index contributed by atoms with van der Waals surface area (Å²) >= 11 is 0. The summed E-state index contributed by atoms with van der Waals surface area (Å²) in [5.74, 6) is -0.970. The first-order valence-corrected chi connectivity index (χ1v) is 10.4. The molecule has 5 heteroatoms. The molecule has 0 unspecified atom stereocenters. The van der Waals surface area contributed by atoms with Crippen molar-refractivity contribution in [2.24, 2.45) is 0 Å². The summed E-state index contributed by atoms with van der Waals surface area (Å²) in [6.07, 6.45) is 1.37. The molecular formula is C24H37NO4. The van der Waals surface area contributed by atoms with Crippen molar-refractivity contribution in [3.63, 3.8) is 0 Å². The summed E-state index contributed by atoms with van der Waals surface area (Å²) < 4.78 is 17.9. The highest BCUT2D eigenvalue weighted by Crippen LogP contribution is 2.34. The number of esters is 1. The Bertz CT molecular complexity index is 678. The van der Waals surface area contributed by atoms with Crippen molar-refractivity contribution in [2.75, 3.05) is 0 Å². The summed E-state index contributed by atoms with van der Waals surface area (Å²) in [5.41, 5.74) is 0.650. The smallest absolute Gasteiger partial charge is 0.308 e. The lowest BCUT2D eigenvalue weighted by Crippen LogP contribution is -2.51. The zero-order valence-corrected chi connectivity index (χ0v) is 19.0. The number of carbonyl (C=O) groups excluding carboxylic acids is 1. The number of hydrogen-bond acceptors (Lipinski definition) is 5. The second kappa shape index (κ2) is 9.41. The van der Waals surface area contributed by atoms with Crippen LogP contribution >= 0.6 is 0 Å². The SMILES string of the molecule is C=C[C@H]1OC(C)(C)O[C@H]1[C@H](CC(=O)OC(C)(C)C)N(Cc1ccccc1)C(C)C. The van der Waals surface area contributed by atoms with E-state index in [2.05, 4.69) is 37.5 Å². The largest absolute Gasteiger partial charge is 0.460 e. The molecule has 1 heterocycles. The van der Waals surface area contributed by atoms with Gasteiger partial charge in [0.1, 0.15) is 17.8 Å². The summed E-state index contributed by atoms with van der Waals surface area (Å²) in [6, 6.07) is 10.2. The van der Waals surface area contributed by atoms with Gasteiger partial charge in [-0.25, -0.2) is 0 Å². The van der Waals surface area contributed by atoms with Crippen molar-refractivity contribution < 1.29 is 19.0 Å². The lowest BCUT2D eigenvalue weighted by atomic mass is 9.98. The monoisotopic (exact) mass is 403 g/mol. The van der Waals surface area contributed by atoms with Crippen LogP contribution in [0.5, 0.6) is 0 Å². The average molecular weight is 404 g/mol. The van der Waals surface area contributed by atoms with Crippen molar-refractivity contribution in [2.45, 2.75) is 97.1 Å². The van der Waals surface area contributed by atoms with E-state index in [1.807, 2.05) is 52.8 Å². The minimum Gasteiger partial charge on any atom is -0.460 e. The van der Waals surface area contributed by atoms with Crippen LogP contribution in [-0.2, 0) is 25.5 Å². The molecule has 1 saturated heterocycles. The molecule has 0 saturated carbocycles. The van der Waals surface area contributed by atoms with Gasteiger partial charge in [-0.05, 0) is 54.0 Å². The molecule has 0 amide bonds. The molecule has 1 aromatic carbocycles. The van der Waals surface area contributed by atoms with Gasteiger partial charge in [-0.15, -0.1) is 6.58 Å². The van der Waals surface area contributed by atoms with Gasteiger partial charge in [0.15, 0.2) is 5.79 Å². The molecule has 1 aliphatic heterocycles. The number of benzene rings is 1. The first-order valence-electron chi connectivity index (χ1n) is 10.4. The Labute approximate surface area is 176 Å². The fourth-order valence-corrected chi connectivity index (χ4v) is 3.75. The molecule has 2 rings (SSSR count). The lowest BCUT2D eigenvalue weighted by molar-refractivity contribution is -0.164. The van der Waals surface area contributed by atoms with Crippen LogP contribution in [0.3, 0.4) is 0 Å². The van der Waals surface area contributed by atoms with Crippen molar-refractivity contribution in [3.8, 4) is 0 Å². The van der Waals surface area contributed by atoms with Crippen LogP contribution < -0.4 is 0 Å². The predicted molar refractivity (Wildman–Crippen MR) is 115 cm³/mol. The number of ether oxygens (including phenoxy) is 3. The van der Waals surface area contributed by atoms with Crippen LogP contribution in [0.25, 0.3) is 0 Å². The molecule has 0 N–H and O–H groups in total. The molecule has 5 nitrogen and oxygen atoms in total. The van der Waals surface area contributed by atoms with Crippen molar-refractivity contribution in [1.82, 2.24) is 4.90 Å². The van der Waals surface area contributed by atoms with Crippen LogP contribution in [0.4, 0.5) is 0 Å². The molecule has 0 aliphatic carbocycles. The van der Waals surface area contributed by atoms with Crippen molar-refractivity contribution in [3.05, 3.63) is 48.6 Å². The summed E-state index contributed by atoms with van der Waals surface area (Å²) in [7, 11) is 0. The van der Waals surface area contributed by atoms with Crippen molar-refractivity contribution >= 4 is 5.97 Å². The molecule has 29 heavy (non-hydrogen) atoms. The second-order valence-corrected chi connectivity index (χ2v) is 9.41. The van der Waals surface area contributed by atoms with Gasteiger partial charge in [0.2, 0.25) is 0 Å². The van der Waals surface area contributed by atoms with Gasteiger partial charge in [-0.1, -0.05) is 36.4 Å². The number of carbonyl (C=O) groups is 1. The summed E-state index contributed by atoms with van der Waals surface area (Å²) in [6.45, 7) is 18.3. The fraction of sp³-hybridized carbons (Fsp3) is 0.625. The molecule has 0 radical (unpaired) electrons. The van der Waals surface area contributed by atoms with E-state index in [1.54, 1.807) is 6.08 Å². The highest BCUT2D eigenvalue weighted by atomic mass is 16.8. The van der Waals surface area contributed by atoms with E-state index in [-0.39, 0.29) is 36.7 Å². The van der Waals surface area contributed by atoms with E-state index < -0.39 is 11.4 Å². The quantitative estimate of drug-likeness (QED) is 0.465. The maximum Gasteiger partial charge on any atom is 0.308 e. The zero-order chi connectivity index (χ0) is 21.8. The third kappa shape index (κ3) is 6.95. The molecule has 1 aliphatic rings. The molecule has 0 aromatic heterocycles. The van der Waals surface area contributed by atoms with Crippen LogP contribution in [0, 0.1) is 0 Å². The Morgan fingerprint density at radius 1 is 1.24 bits per heavy atom. The topological polar surface area (TPSA) is 48.0 Å². The maximum atomic E-state index is 12.8. The predicted octanol–water partition coefficient (Wildman–Crippen LogP) is 4.70. The second-order valence-electron chi connectivity index (χ2n) is 9.41. The van der Waals surface area contributed by atoms with Crippen LogP contribution in [0.15, 0.2) is 43.0 Å². The van der Waals surface area contributed by atoms with E-state index in [0.717, 1.165) is 0 Å². The number of nitrogens with zero attached hydrogens (tertiary/aromatic N) is 1. The van der Waals surface area contributed by atoms with Gasteiger partial charge < -0.3 is 14.2 Å². The summed E-state index contributed by atoms with van der Waals surface area (Å²) in [4.78, 5) is 15.1. The first kappa shape index (κ1) is 23.6. The minimum atomic E-state index is -0.731. The highest BCUT2D eigenvalue weighted by molar-refractivity contribution is 5.70. The third-order valence-electron chi connectivity index (χ3n) is 4.87. The van der Waals surface area contributed by atoms with E-state index >= 15 is 0 Å². The van der Waals surface area contributed by atoms with Crippen molar-refractivity contribution in [1.29, 1.82) is 0 Å². The lowest BCUT2D eigenvalue weighted by Gasteiger charge is -2.39. The molecular weight excluding hydrogens is 366 g/mol. The van der Waals surface area contributed by atoms with Gasteiger partial charge in [-0.2, -0.15) is 0 Å². The molecule has 1 fully saturated rings. The van der Waals surface area contributed by atoms with E-state index in [4.69, 9.17) is 14.2 Å². The van der Waals surface area contributed by atoms with Crippen LogP contribution in [0.2, 0.25) is 0 Å². The molecule has 3 atom stereocenters. The van der Waals surface area contributed by atoms with E-state index in [9.17, 15) is 4.79 Å². The van der Waals surface area contributed by atoms with Gasteiger partial charge >= 0.3 is 5.97 Å². The van der Waals surface area contributed by atoms with Crippen LogP contribution in [-0.4, -0.2) is 46.5 Å². The Morgan fingerprint density at radius 2 is 1.86 bits per heavy atom. The zero-order valence-electron chi connectivity index (χ0n) is 19.0. The van der Waals surface area contributed by atoms with Gasteiger partial charge in [0.25, 0.3) is 0 Å². The molecule has 0 spiro atoms. The number of hydrogen-bond donors (Lipinski definition) is 0. The Morgan fingerprint density at radius 3 is 2.38 bits per heavy atom. The number of rotatable bonds is 8. The van der Waals surface area contributed by atoms with Gasteiger partial charge in [-0.3, -0.25) is 9.69 Å². The third-order valence-corrected chi connectivity index (χ3v) is 4.87. The average Bonchev–Trinajstić information content (AvgIpc) is 2.91. The standard InChI is InChI=1S/C24H37NO4/c1-9-20-22(29-24(7,8)27-20)19(15-21(26)28-23(4,5)6)25(17(2)3)16-18-13-11-10-12-14-18/h9-14,17,19-20,22H,1,15-16H2,2-8H3/t19-,20+,22-/m0/s1. The van der Waals surface area contributed by atoms with Gasteiger partial charge in [0, 0.05) is 18.6 Å². The maximum absolute atomic E-state index is 12.8. The Hall–Kier alpha value is -1.69. The Kier molecular flexibility index (Phi) is 7.66. The fourth-order valence-electron chi connectivity index (χ4n) is 3.75. The Balaban J connectivity index is 2.35. The van der Waals surface area contributed by atoms with E-state index in [0.29, 0.717) is 6.54 Å². The van der Waals surface area contributed by atoms with Gasteiger partial charge in [0.05, 0.1) is 6.42 Å². The normalized spacial score (nSPS) is 22.7. The molecule has 0 bridgehead atoms. The minimum absolute atomic E-state index is 0.195. The molecule has 162 valence electrons. The first-order chi connectivity index (χ1) is 13.4. The summed E-state index contributed by atoms with van der Waals surface area (Å²) in [5, 5.41) is 0. The molecule has 1 aromatic rings. The van der Waals surface area contributed by atoms with Crippen LogP contribution in [0.1, 0.15) is 60.5 Å².